The molecule has 0 unspecified atom stereocenters. The van der Waals surface area contributed by atoms with Crippen molar-refractivity contribution >= 4 is 23.1 Å². The van der Waals surface area contributed by atoms with E-state index in [0.29, 0.717) is 17.1 Å². The number of nitrogens with zero attached hydrogens (tertiary/aromatic N) is 1. The lowest BCUT2D eigenvalue weighted by Gasteiger charge is -2.08. The highest BCUT2D eigenvalue weighted by Gasteiger charge is 2.11. The lowest BCUT2D eigenvalue weighted by molar-refractivity contribution is -0.384. The van der Waals surface area contributed by atoms with Gasteiger partial charge in [0.25, 0.3) is 5.69 Å². The fourth-order valence-corrected chi connectivity index (χ4v) is 1.73. The number of ether oxygens (including phenoxy) is 1. The van der Waals surface area contributed by atoms with Gasteiger partial charge in [-0.25, -0.2) is 0 Å². The first-order valence-electron chi connectivity index (χ1n) is 5.53. The molecular formula is C13H10ClN3O3. The second-order valence-electron chi connectivity index (χ2n) is 3.91. The average Bonchev–Trinajstić information content (AvgIpc) is 2.41. The molecule has 0 atom stereocenters. The van der Waals surface area contributed by atoms with Crippen molar-refractivity contribution in [3.05, 3.63) is 63.2 Å². The van der Waals surface area contributed by atoms with Crippen LogP contribution in [0.2, 0.25) is 5.02 Å². The first kappa shape index (κ1) is 13.8. The van der Waals surface area contributed by atoms with Crippen LogP contribution in [0.15, 0.2) is 42.5 Å². The molecule has 102 valence electrons. The number of halogens is 1. The van der Waals surface area contributed by atoms with E-state index in [1.165, 1.54) is 18.2 Å². The van der Waals surface area contributed by atoms with Crippen molar-refractivity contribution < 1.29 is 9.66 Å². The standard InChI is InChI=1S/C13H10ClN3O3/c14-11-7-9(17(18)19)3-6-12(11)20-10-4-1-8(2-5-10)13(15)16/h1-7H,(H3,15,16). The molecule has 0 bridgehead atoms. The van der Waals surface area contributed by atoms with Gasteiger partial charge in [0.05, 0.1) is 9.95 Å². The number of amidine groups is 1. The number of nitrogens with one attached hydrogen (secondary N) is 1. The monoisotopic (exact) mass is 291 g/mol. The van der Waals surface area contributed by atoms with Crippen molar-refractivity contribution in [3.8, 4) is 11.5 Å². The zero-order valence-corrected chi connectivity index (χ0v) is 10.9. The summed E-state index contributed by atoms with van der Waals surface area (Å²) in [5.74, 6) is 0.767. The van der Waals surface area contributed by atoms with E-state index in [-0.39, 0.29) is 16.5 Å². The molecule has 0 radical (unpaired) electrons. The van der Waals surface area contributed by atoms with Gasteiger partial charge in [-0.15, -0.1) is 0 Å². The van der Waals surface area contributed by atoms with E-state index in [0.717, 1.165) is 0 Å². The lowest BCUT2D eigenvalue weighted by Crippen LogP contribution is -2.10. The van der Waals surface area contributed by atoms with E-state index < -0.39 is 4.92 Å². The molecule has 0 spiro atoms. The number of nitro benzene ring substituents is 1. The maximum absolute atomic E-state index is 10.6. The topological polar surface area (TPSA) is 102 Å². The molecule has 0 saturated heterocycles. The lowest BCUT2D eigenvalue weighted by atomic mass is 10.2. The number of nitro groups is 1. The molecule has 7 heteroatoms. The molecule has 20 heavy (non-hydrogen) atoms. The van der Waals surface area contributed by atoms with Crippen LogP contribution < -0.4 is 10.5 Å². The first-order chi connectivity index (χ1) is 9.47. The van der Waals surface area contributed by atoms with E-state index >= 15 is 0 Å². The molecule has 0 heterocycles. The van der Waals surface area contributed by atoms with Gasteiger partial charge in [-0.1, -0.05) is 11.6 Å². The maximum atomic E-state index is 10.6. The molecule has 0 aliphatic rings. The molecule has 2 rings (SSSR count). The number of non-ortho nitro benzene ring substituents is 1. The molecule has 6 nitrogen and oxygen atoms in total. The number of hydrogen-bond acceptors (Lipinski definition) is 4. The summed E-state index contributed by atoms with van der Waals surface area (Å²) < 4.78 is 5.51. The molecule has 0 aliphatic heterocycles. The molecule has 0 aliphatic carbocycles. The minimum absolute atomic E-state index is 0.0371. The first-order valence-corrected chi connectivity index (χ1v) is 5.91. The molecule has 0 saturated carbocycles. The predicted octanol–water partition coefficient (Wildman–Crippen LogP) is 3.32. The third-order valence-corrected chi connectivity index (χ3v) is 2.81. The minimum Gasteiger partial charge on any atom is -0.456 e. The van der Waals surface area contributed by atoms with Gasteiger partial charge in [0, 0.05) is 17.7 Å². The molecule has 0 amide bonds. The Kier molecular flexibility index (Phi) is 3.86. The molecule has 2 aromatic carbocycles. The van der Waals surface area contributed by atoms with Gasteiger partial charge in [-0.3, -0.25) is 15.5 Å². The third-order valence-electron chi connectivity index (χ3n) is 2.52. The minimum atomic E-state index is -0.530. The van der Waals surface area contributed by atoms with Crippen molar-refractivity contribution in [2.45, 2.75) is 0 Å². The van der Waals surface area contributed by atoms with Crippen LogP contribution in [0.25, 0.3) is 0 Å². The van der Waals surface area contributed by atoms with Crippen LogP contribution in [0, 0.1) is 15.5 Å². The quantitative estimate of drug-likeness (QED) is 0.390. The zero-order chi connectivity index (χ0) is 14.7. The molecular weight excluding hydrogens is 282 g/mol. The van der Waals surface area contributed by atoms with Crippen LogP contribution in [0.3, 0.4) is 0 Å². The van der Waals surface area contributed by atoms with E-state index in [1.54, 1.807) is 24.3 Å². The highest BCUT2D eigenvalue weighted by molar-refractivity contribution is 6.32. The summed E-state index contributed by atoms with van der Waals surface area (Å²) in [4.78, 5) is 10.1. The summed E-state index contributed by atoms with van der Waals surface area (Å²) in [6.07, 6.45) is 0. The summed E-state index contributed by atoms with van der Waals surface area (Å²) in [5.41, 5.74) is 5.82. The Balaban J connectivity index is 2.21. The number of hydrogen-bond donors (Lipinski definition) is 2. The van der Waals surface area contributed by atoms with E-state index in [2.05, 4.69) is 0 Å². The van der Waals surface area contributed by atoms with Gasteiger partial charge >= 0.3 is 0 Å². The van der Waals surface area contributed by atoms with Gasteiger partial charge in [0.15, 0.2) is 0 Å². The van der Waals surface area contributed by atoms with E-state index in [9.17, 15) is 10.1 Å². The summed E-state index contributed by atoms with van der Waals surface area (Å²) >= 11 is 5.92. The second-order valence-corrected chi connectivity index (χ2v) is 4.32. The second kappa shape index (κ2) is 5.58. The van der Waals surface area contributed by atoms with Gasteiger partial charge in [-0.05, 0) is 30.3 Å². The summed E-state index contributed by atoms with van der Waals surface area (Å²) in [6.45, 7) is 0. The van der Waals surface area contributed by atoms with Crippen molar-refractivity contribution in [2.24, 2.45) is 5.73 Å². The van der Waals surface area contributed by atoms with Gasteiger partial charge in [0.2, 0.25) is 0 Å². The Bertz CT molecular complexity index is 671. The van der Waals surface area contributed by atoms with Crippen LogP contribution in [0.1, 0.15) is 5.56 Å². The number of nitrogens with two attached hydrogens (primary N) is 1. The van der Waals surface area contributed by atoms with E-state index in [1.807, 2.05) is 0 Å². The fourth-order valence-electron chi connectivity index (χ4n) is 1.52. The predicted molar refractivity (Wildman–Crippen MR) is 75.6 cm³/mol. The molecule has 0 aromatic heterocycles. The highest BCUT2D eigenvalue weighted by Crippen LogP contribution is 2.32. The van der Waals surface area contributed by atoms with Crippen LogP contribution in [0.4, 0.5) is 5.69 Å². The molecule has 0 fully saturated rings. The SMILES string of the molecule is N=C(N)c1ccc(Oc2ccc([N+](=O)[O-])cc2Cl)cc1. The summed E-state index contributed by atoms with van der Waals surface area (Å²) in [6, 6.07) is 10.5. The molecule has 2 aromatic rings. The number of nitrogen functional groups attached to an aromatic ring is 1. The van der Waals surface area contributed by atoms with Crippen molar-refractivity contribution in [1.82, 2.24) is 0 Å². The van der Waals surface area contributed by atoms with Crippen LogP contribution in [-0.4, -0.2) is 10.8 Å². The third kappa shape index (κ3) is 3.04. The highest BCUT2D eigenvalue weighted by atomic mass is 35.5. The molecule has 3 N–H and O–H groups in total. The zero-order valence-electron chi connectivity index (χ0n) is 10.2. The van der Waals surface area contributed by atoms with Crippen LogP contribution in [0.5, 0.6) is 11.5 Å². The Morgan fingerprint density at radius 2 is 1.90 bits per heavy atom. The van der Waals surface area contributed by atoms with Gasteiger partial charge in [0.1, 0.15) is 17.3 Å². The average molecular weight is 292 g/mol. The van der Waals surface area contributed by atoms with Gasteiger partial charge < -0.3 is 10.5 Å². The Morgan fingerprint density at radius 3 is 2.40 bits per heavy atom. The van der Waals surface area contributed by atoms with Gasteiger partial charge in [-0.2, -0.15) is 0 Å². The van der Waals surface area contributed by atoms with Crippen molar-refractivity contribution in [1.29, 1.82) is 5.41 Å². The van der Waals surface area contributed by atoms with Crippen LogP contribution >= 0.6 is 11.6 Å². The maximum Gasteiger partial charge on any atom is 0.271 e. The Hall–Kier alpha value is -2.60. The van der Waals surface area contributed by atoms with Crippen LogP contribution in [-0.2, 0) is 0 Å². The van der Waals surface area contributed by atoms with Crippen molar-refractivity contribution in [3.63, 3.8) is 0 Å². The van der Waals surface area contributed by atoms with Crippen molar-refractivity contribution in [2.75, 3.05) is 0 Å². The normalized spacial score (nSPS) is 10.1. The summed E-state index contributed by atoms with van der Waals surface area (Å²) in [7, 11) is 0. The smallest absolute Gasteiger partial charge is 0.271 e. The summed E-state index contributed by atoms with van der Waals surface area (Å²) in [5, 5.41) is 18.0. The fraction of sp³-hybridized carbons (Fsp3) is 0. The van der Waals surface area contributed by atoms with E-state index in [4.69, 9.17) is 27.5 Å². The Labute approximate surface area is 119 Å². The Morgan fingerprint density at radius 1 is 1.25 bits per heavy atom. The number of benzene rings is 2. The number of rotatable bonds is 4. The largest absolute Gasteiger partial charge is 0.456 e.